The zero-order valence-corrected chi connectivity index (χ0v) is 14.6. The number of nitrogens with one attached hydrogen (secondary N) is 1. The lowest BCUT2D eigenvalue weighted by Gasteiger charge is -2.09. The quantitative estimate of drug-likeness (QED) is 0.419. The smallest absolute Gasteiger partial charge is 0.196 e. The first-order chi connectivity index (χ1) is 12.8. The Bertz CT molecular complexity index is 997. The molecule has 0 saturated carbocycles. The molecular formula is C19H15N5OS. The van der Waals surface area contributed by atoms with E-state index in [1.54, 1.807) is 24.7 Å². The molecule has 0 aliphatic rings. The Kier molecular flexibility index (Phi) is 4.61. The second kappa shape index (κ2) is 7.37. The summed E-state index contributed by atoms with van der Waals surface area (Å²) in [5.41, 5.74) is 2.45. The number of hydrogen-bond donors (Lipinski definition) is 1. The predicted octanol–water partition coefficient (Wildman–Crippen LogP) is 3.63. The van der Waals surface area contributed by atoms with Crippen LogP contribution in [0.4, 0.5) is 0 Å². The summed E-state index contributed by atoms with van der Waals surface area (Å²) in [7, 11) is 0. The summed E-state index contributed by atoms with van der Waals surface area (Å²) in [6.45, 7) is 0. The molecule has 0 amide bonds. The predicted molar refractivity (Wildman–Crippen MR) is 100 cm³/mol. The number of nitrogens with zero attached hydrogens (tertiary/aromatic N) is 4. The highest BCUT2D eigenvalue weighted by molar-refractivity contribution is 7.99. The van der Waals surface area contributed by atoms with E-state index < -0.39 is 0 Å². The topological polar surface area (TPSA) is 76.5 Å². The molecule has 1 aromatic carbocycles. The summed E-state index contributed by atoms with van der Waals surface area (Å²) in [4.78, 5) is 19.3. The molecule has 0 bridgehead atoms. The molecule has 0 unspecified atom stereocenters. The van der Waals surface area contributed by atoms with Crippen LogP contribution in [0.25, 0.3) is 17.1 Å². The number of hydrogen-bond acceptors (Lipinski definition) is 5. The minimum atomic E-state index is 0.0214. The number of para-hydroxylation sites is 1. The van der Waals surface area contributed by atoms with Gasteiger partial charge >= 0.3 is 0 Å². The maximum Gasteiger partial charge on any atom is 0.196 e. The Morgan fingerprint density at radius 3 is 2.54 bits per heavy atom. The van der Waals surface area contributed by atoms with E-state index in [0.717, 1.165) is 11.3 Å². The molecule has 7 heteroatoms. The Labute approximate surface area is 154 Å². The number of pyridine rings is 1. The molecule has 4 aromatic rings. The Balaban J connectivity index is 1.69. The van der Waals surface area contributed by atoms with Crippen molar-refractivity contribution >= 4 is 17.5 Å². The standard InChI is InChI=1S/C19H15N5OS/c25-17(16-7-4-10-21-16)13-26-19-23-22-18(14-8-11-20-12-9-14)24(19)15-5-2-1-3-6-15/h1-12,21H,13H2. The molecule has 6 nitrogen and oxygen atoms in total. The molecule has 4 rings (SSSR count). The molecular weight excluding hydrogens is 346 g/mol. The van der Waals surface area contributed by atoms with Gasteiger partial charge in [0.05, 0.1) is 11.4 Å². The van der Waals surface area contributed by atoms with Gasteiger partial charge < -0.3 is 4.98 Å². The van der Waals surface area contributed by atoms with Gasteiger partial charge in [-0.1, -0.05) is 30.0 Å². The molecule has 0 aliphatic heterocycles. The maximum atomic E-state index is 12.3. The number of carbonyl (C=O) groups is 1. The van der Waals surface area contributed by atoms with E-state index in [1.807, 2.05) is 53.1 Å². The first-order valence-electron chi connectivity index (χ1n) is 8.03. The fourth-order valence-corrected chi connectivity index (χ4v) is 3.41. The summed E-state index contributed by atoms with van der Waals surface area (Å²) in [5.74, 6) is 1.02. The number of ketones is 1. The fourth-order valence-electron chi connectivity index (χ4n) is 2.57. The summed E-state index contributed by atoms with van der Waals surface area (Å²) in [6.07, 6.45) is 5.19. The van der Waals surface area contributed by atoms with E-state index in [0.29, 0.717) is 16.7 Å². The highest BCUT2D eigenvalue weighted by Crippen LogP contribution is 2.27. The normalized spacial score (nSPS) is 10.8. The van der Waals surface area contributed by atoms with Gasteiger partial charge in [-0.3, -0.25) is 14.3 Å². The lowest BCUT2D eigenvalue weighted by Crippen LogP contribution is -2.05. The van der Waals surface area contributed by atoms with Crippen LogP contribution in [0.1, 0.15) is 10.5 Å². The second-order valence-electron chi connectivity index (χ2n) is 5.51. The minimum absolute atomic E-state index is 0.0214. The number of benzene rings is 1. The van der Waals surface area contributed by atoms with Gasteiger partial charge in [-0.15, -0.1) is 10.2 Å². The van der Waals surface area contributed by atoms with Gasteiger partial charge in [-0.2, -0.15) is 0 Å². The lowest BCUT2D eigenvalue weighted by molar-refractivity contribution is 0.101. The van der Waals surface area contributed by atoms with E-state index in [1.165, 1.54) is 11.8 Å². The van der Waals surface area contributed by atoms with Crippen molar-refractivity contribution in [2.75, 3.05) is 5.75 Å². The van der Waals surface area contributed by atoms with Crippen LogP contribution in [0.15, 0.2) is 78.3 Å². The fraction of sp³-hybridized carbons (Fsp3) is 0.0526. The van der Waals surface area contributed by atoms with Crippen LogP contribution in [0.5, 0.6) is 0 Å². The average molecular weight is 361 g/mol. The molecule has 0 spiro atoms. The first kappa shape index (κ1) is 16.3. The Hall–Kier alpha value is -3.19. The molecule has 1 N–H and O–H groups in total. The monoisotopic (exact) mass is 361 g/mol. The molecule has 0 radical (unpaired) electrons. The molecule has 26 heavy (non-hydrogen) atoms. The summed E-state index contributed by atoms with van der Waals surface area (Å²) < 4.78 is 1.96. The summed E-state index contributed by atoms with van der Waals surface area (Å²) in [6, 6.07) is 17.2. The Morgan fingerprint density at radius 1 is 1.00 bits per heavy atom. The second-order valence-corrected chi connectivity index (χ2v) is 6.45. The molecule has 0 saturated heterocycles. The SMILES string of the molecule is O=C(CSc1nnc(-c2ccncc2)n1-c1ccccc1)c1ccc[nH]1. The van der Waals surface area contributed by atoms with Gasteiger partial charge in [0.1, 0.15) is 0 Å². The van der Waals surface area contributed by atoms with Crippen molar-refractivity contribution < 1.29 is 4.79 Å². The molecule has 128 valence electrons. The van der Waals surface area contributed by atoms with Gasteiger partial charge in [0.25, 0.3) is 0 Å². The minimum Gasteiger partial charge on any atom is -0.359 e. The van der Waals surface area contributed by atoms with Crippen LogP contribution < -0.4 is 0 Å². The van der Waals surface area contributed by atoms with Gasteiger partial charge in [-0.25, -0.2) is 0 Å². The van der Waals surface area contributed by atoms with Gasteiger partial charge in [0.2, 0.25) is 0 Å². The molecule has 3 heterocycles. The third-order valence-corrected chi connectivity index (χ3v) is 4.75. The number of thioether (sulfide) groups is 1. The van der Waals surface area contributed by atoms with Crippen molar-refractivity contribution in [3.05, 3.63) is 78.9 Å². The lowest BCUT2D eigenvalue weighted by atomic mass is 10.2. The van der Waals surface area contributed by atoms with Crippen LogP contribution in [-0.4, -0.2) is 36.3 Å². The van der Waals surface area contributed by atoms with Crippen LogP contribution in [0, 0.1) is 0 Å². The molecule has 0 atom stereocenters. The zero-order chi connectivity index (χ0) is 17.8. The third-order valence-electron chi connectivity index (χ3n) is 3.82. The number of rotatable bonds is 6. The average Bonchev–Trinajstić information content (AvgIpc) is 3.37. The summed E-state index contributed by atoms with van der Waals surface area (Å²) in [5, 5.41) is 9.33. The maximum absolute atomic E-state index is 12.3. The number of H-pyrrole nitrogens is 1. The Morgan fingerprint density at radius 2 is 1.81 bits per heavy atom. The van der Waals surface area contributed by atoms with Crippen LogP contribution in [0.3, 0.4) is 0 Å². The van der Waals surface area contributed by atoms with E-state index in [4.69, 9.17) is 0 Å². The van der Waals surface area contributed by atoms with Crippen molar-refractivity contribution in [1.82, 2.24) is 24.7 Å². The van der Waals surface area contributed by atoms with Crippen LogP contribution in [-0.2, 0) is 0 Å². The highest BCUT2D eigenvalue weighted by Gasteiger charge is 2.17. The third kappa shape index (κ3) is 3.29. The first-order valence-corrected chi connectivity index (χ1v) is 9.02. The van der Waals surface area contributed by atoms with Crippen molar-refractivity contribution in [3.8, 4) is 17.1 Å². The van der Waals surface area contributed by atoms with E-state index in [2.05, 4.69) is 20.2 Å². The van der Waals surface area contributed by atoms with Crippen LogP contribution in [0.2, 0.25) is 0 Å². The van der Waals surface area contributed by atoms with Crippen molar-refractivity contribution in [2.45, 2.75) is 5.16 Å². The van der Waals surface area contributed by atoms with Crippen molar-refractivity contribution in [1.29, 1.82) is 0 Å². The molecule has 0 aliphatic carbocycles. The molecule has 3 aromatic heterocycles. The van der Waals surface area contributed by atoms with E-state index >= 15 is 0 Å². The largest absolute Gasteiger partial charge is 0.359 e. The van der Waals surface area contributed by atoms with E-state index in [-0.39, 0.29) is 11.5 Å². The zero-order valence-electron chi connectivity index (χ0n) is 13.7. The number of aromatic nitrogens is 5. The van der Waals surface area contributed by atoms with Gasteiger partial charge in [0.15, 0.2) is 16.8 Å². The van der Waals surface area contributed by atoms with Gasteiger partial charge in [-0.05, 0) is 36.4 Å². The highest BCUT2D eigenvalue weighted by atomic mass is 32.2. The number of aromatic amines is 1. The number of Topliss-reactive ketones (excluding diaryl/α,β-unsaturated/α-hetero) is 1. The molecule has 0 fully saturated rings. The van der Waals surface area contributed by atoms with Crippen molar-refractivity contribution in [3.63, 3.8) is 0 Å². The van der Waals surface area contributed by atoms with Crippen molar-refractivity contribution in [2.24, 2.45) is 0 Å². The summed E-state index contributed by atoms with van der Waals surface area (Å²) >= 11 is 1.37. The number of carbonyl (C=O) groups excluding carboxylic acids is 1. The van der Waals surface area contributed by atoms with Crippen LogP contribution >= 0.6 is 11.8 Å². The van der Waals surface area contributed by atoms with E-state index in [9.17, 15) is 4.79 Å². The van der Waals surface area contributed by atoms with Gasteiger partial charge in [0, 0.05) is 29.8 Å².